The molecule has 2 aliphatic rings. The Morgan fingerprint density at radius 3 is 2.42 bits per heavy atom. The van der Waals surface area contributed by atoms with E-state index in [2.05, 4.69) is 4.99 Å². The van der Waals surface area contributed by atoms with Crippen LogP contribution in [0.5, 0.6) is 5.75 Å². The number of carbonyl (C=O) groups excluding carboxylic acids is 2. The molecule has 0 fully saturated rings. The number of nitrogens with zero attached hydrogens (tertiary/aromatic N) is 1. The van der Waals surface area contributed by atoms with Gasteiger partial charge >= 0.3 is 11.9 Å². The number of fused-ring (bicyclic) bond motifs is 1. The van der Waals surface area contributed by atoms with Gasteiger partial charge in [-0.1, -0.05) is 36.4 Å². The molecule has 0 aromatic heterocycles. The van der Waals surface area contributed by atoms with E-state index in [0.29, 0.717) is 16.9 Å². The average Bonchev–Trinajstić information content (AvgIpc) is 3.20. The van der Waals surface area contributed by atoms with Gasteiger partial charge in [0.15, 0.2) is 11.5 Å². The monoisotopic (exact) mass is 347 g/mol. The molecule has 0 N–H and O–H groups in total. The minimum atomic E-state index is -0.663. The molecule has 26 heavy (non-hydrogen) atoms. The van der Waals surface area contributed by atoms with E-state index in [1.807, 2.05) is 24.3 Å². The highest BCUT2D eigenvalue weighted by molar-refractivity contribution is 6.15. The van der Waals surface area contributed by atoms with Gasteiger partial charge in [0.25, 0.3) is 0 Å². The number of carbonyl (C=O) groups is 2. The molecule has 2 heterocycles. The van der Waals surface area contributed by atoms with Gasteiger partial charge in [-0.2, -0.15) is 0 Å². The maximum Gasteiger partial charge on any atom is 0.367 e. The zero-order valence-electron chi connectivity index (χ0n) is 13.8. The van der Waals surface area contributed by atoms with Gasteiger partial charge in [-0.15, -0.1) is 0 Å². The first-order valence-corrected chi connectivity index (χ1v) is 7.85. The quantitative estimate of drug-likeness (QED) is 0.630. The van der Waals surface area contributed by atoms with Crippen molar-refractivity contribution in [1.29, 1.82) is 0 Å². The molecule has 6 nitrogen and oxygen atoms in total. The summed E-state index contributed by atoms with van der Waals surface area (Å²) < 4.78 is 15.7. The van der Waals surface area contributed by atoms with Crippen LogP contribution in [-0.2, 0) is 14.3 Å². The van der Waals surface area contributed by atoms with E-state index in [-0.39, 0.29) is 17.4 Å². The largest absolute Gasteiger partial charge is 0.496 e. The Morgan fingerprint density at radius 1 is 0.885 bits per heavy atom. The van der Waals surface area contributed by atoms with Crippen molar-refractivity contribution < 1.29 is 23.8 Å². The van der Waals surface area contributed by atoms with Crippen LogP contribution in [0.4, 0.5) is 0 Å². The lowest BCUT2D eigenvalue weighted by Crippen LogP contribution is -2.03. The second kappa shape index (κ2) is 6.33. The number of hydrogen-bond donors (Lipinski definition) is 0. The predicted octanol–water partition coefficient (Wildman–Crippen LogP) is 3.20. The summed E-state index contributed by atoms with van der Waals surface area (Å²) in [5.74, 6) is -0.251. The molecule has 2 aromatic rings. The lowest BCUT2D eigenvalue weighted by Gasteiger charge is -2.02. The fourth-order valence-corrected chi connectivity index (χ4v) is 2.74. The van der Waals surface area contributed by atoms with Crippen molar-refractivity contribution in [3.05, 3.63) is 77.0 Å². The van der Waals surface area contributed by atoms with E-state index < -0.39 is 11.9 Å². The van der Waals surface area contributed by atoms with Crippen molar-refractivity contribution in [2.75, 3.05) is 7.11 Å². The van der Waals surface area contributed by atoms with E-state index in [4.69, 9.17) is 14.2 Å². The third kappa shape index (κ3) is 2.67. The fraction of sp³-hybridized carbons (Fsp3) is 0.0500. The van der Waals surface area contributed by atoms with E-state index in [0.717, 1.165) is 5.56 Å². The van der Waals surface area contributed by atoms with Gasteiger partial charge in [0, 0.05) is 17.2 Å². The van der Waals surface area contributed by atoms with Crippen LogP contribution in [-0.4, -0.2) is 24.9 Å². The molecule has 0 saturated carbocycles. The van der Waals surface area contributed by atoms with Gasteiger partial charge in [0.2, 0.25) is 5.90 Å². The molecule has 0 saturated heterocycles. The van der Waals surface area contributed by atoms with Crippen LogP contribution in [0.3, 0.4) is 0 Å². The molecule has 0 unspecified atom stereocenters. The highest BCUT2D eigenvalue weighted by atomic mass is 16.6. The number of para-hydroxylation sites is 1. The molecular formula is C20H13NO5. The first-order valence-electron chi connectivity index (χ1n) is 7.85. The standard InChI is InChI=1S/C20H13NO5/c1-24-15-9-5-2-6-12(15)10-11-16-21-17(20(23)25-16)18-13-7-3-4-8-14(13)19(22)26-18/h2-11H,1H3. The zero-order valence-corrected chi connectivity index (χ0v) is 13.8. The molecule has 2 aliphatic heterocycles. The van der Waals surface area contributed by atoms with Gasteiger partial charge in [-0.25, -0.2) is 14.6 Å². The zero-order chi connectivity index (χ0) is 18.1. The van der Waals surface area contributed by atoms with E-state index >= 15 is 0 Å². The molecule has 6 heteroatoms. The predicted molar refractivity (Wildman–Crippen MR) is 94.3 cm³/mol. The van der Waals surface area contributed by atoms with Gasteiger partial charge in [0.05, 0.1) is 12.7 Å². The molecule has 0 aliphatic carbocycles. The van der Waals surface area contributed by atoms with Crippen LogP contribution >= 0.6 is 0 Å². The van der Waals surface area contributed by atoms with Gasteiger partial charge in [-0.3, -0.25) is 0 Å². The lowest BCUT2D eigenvalue weighted by molar-refractivity contribution is -0.130. The average molecular weight is 347 g/mol. The smallest absolute Gasteiger partial charge is 0.367 e. The second-order valence-electron chi connectivity index (χ2n) is 5.53. The Kier molecular flexibility index (Phi) is 3.85. The molecule has 0 spiro atoms. The molecule has 128 valence electrons. The van der Waals surface area contributed by atoms with Gasteiger partial charge in [0.1, 0.15) is 5.75 Å². The van der Waals surface area contributed by atoms with Crippen molar-refractivity contribution >= 4 is 29.7 Å². The van der Waals surface area contributed by atoms with Crippen LogP contribution in [0.1, 0.15) is 21.5 Å². The van der Waals surface area contributed by atoms with Crippen LogP contribution in [0.25, 0.3) is 11.8 Å². The molecule has 0 radical (unpaired) electrons. The maximum atomic E-state index is 12.2. The Morgan fingerprint density at radius 2 is 1.62 bits per heavy atom. The lowest BCUT2D eigenvalue weighted by atomic mass is 10.1. The third-order valence-corrected chi connectivity index (χ3v) is 3.96. The van der Waals surface area contributed by atoms with Gasteiger partial charge < -0.3 is 14.2 Å². The summed E-state index contributed by atoms with van der Waals surface area (Å²) in [6.07, 6.45) is 3.29. The van der Waals surface area contributed by atoms with Crippen molar-refractivity contribution in [3.8, 4) is 5.75 Å². The summed E-state index contributed by atoms with van der Waals surface area (Å²) in [5.41, 5.74) is 1.72. The van der Waals surface area contributed by atoms with Crippen LogP contribution in [0.15, 0.2) is 65.3 Å². The first kappa shape index (κ1) is 15.8. The van der Waals surface area contributed by atoms with E-state index in [1.165, 1.54) is 0 Å². The number of esters is 2. The van der Waals surface area contributed by atoms with E-state index in [9.17, 15) is 9.59 Å². The summed E-state index contributed by atoms with van der Waals surface area (Å²) in [6, 6.07) is 14.2. The van der Waals surface area contributed by atoms with Crippen LogP contribution < -0.4 is 4.74 Å². The van der Waals surface area contributed by atoms with Gasteiger partial charge in [-0.05, 0) is 18.2 Å². The minimum Gasteiger partial charge on any atom is -0.496 e. The van der Waals surface area contributed by atoms with Crippen molar-refractivity contribution in [2.45, 2.75) is 0 Å². The summed E-state index contributed by atoms with van der Waals surface area (Å²) in [7, 11) is 1.58. The van der Waals surface area contributed by atoms with Crippen LogP contribution in [0.2, 0.25) is 0 Å². The Balaban J connectivity index is 1.69. The maximum absolute atomic E-state index is 12.2. The number of benzene rings is 2. The van der Waals surface area contributed by atoms with Crippen molar-refractivity contribution in [1.82, 2.24) is 0 Å². The molecule has 0 bridgehead atoms. The molecular weight excluding hydrogens is 334 g/mol. The van der Waals surface area contributed by atoms with Crippen LogP contribution in [0, 0.1) is 0 Å². The van der Waals surface area contributed by atoms with Crippen molar-refractivity contribution in [2.24, 2.45) is 4.99 Å². The summed E-state index contributed by atoms with van der Waals surface area (Å²) >= 11 is 0. The SMILES string of the molecule is COc1ccccc1C=CC1=NC(=C2OC(=O)c3ccccc32)C(=O)O1. The third-order valence-electron chi connectivity index (χ3n) is 3.96. The number of hydrogen-bond acceptors (Lipinski definition) is 6. The number of ether oxygens (including phenoxy) is 3. The Bertz CT molecular complexity index is 1020. The molecule has 0 atom stereocenters. The number of aliphatic imine (C=N–C) groups is 1. The number of rotatable bonds is 3. The highest BCUT2D eigenvalue weighted by Gasteiger charge is 2.34. The normalized spacial score (nSPS) is 18.6. The minimum absolute atomic E-state index is 0.0250. The van der Waals surface area contributed by atoms with E-state index in [1.54, 1.807) is 43.5 Å². The highest BCUT2D eigenvalue weighted by Crippen LogP contribution is 2.34. The Hall–Kier alpha value is -3.67. The second-order valence-corrected chi connectivity index (χ2v) is 5.53. The summed E-state index contributed by atoms with van der Waals surface area (Å²) in [5, 5.41) is 0. The Labute approximate surface area is 149 Å². The number of cyclic esters (lactones) is 2. The molecule has 2 aromatic carbocycles. The fourth-order valence-electron chi connectivity index (χ4n) is 2.74. The molecule has 4 rings (SSSR count). The molecule has 0 amide bonds. The van der Waals surface area contributed by atoms with Crippen molar-refractivity contribution in [3.63, 3.8) is 0 Å². The first-order chi connectivity index (χ1) is 12.7. The summed E-state index contributed by atoms with van der Waals surface area (Å²) in [6.45, 7) is 0. The topological polar surface area (TPSA) is 74.2 Å². The summed E-state index contributed by atoms with van der Waals surface area (Å²) in [4.78, 5) is 28.3. The number of methoxy groups -OCH3 is 1.